The van der Waals surface area contributed by atoms with Gasteiger partial charge in [-0.25, -0.2) is 0 Å². The molecule has 110 valence electrons. The van der Waals surface area contributed by atoms with E-state index in [1.165, 1.54) is 12.1 Å². The van der Waals surface area contributed by atoms with E-state index < -0.39 is 4.92 Å². The van der Waals surface area contributed by atoms with E-state index in [2.05, 4.69) is 15.5 Å². The van der Waals surface area contributed by atoms with Gasteiger partial charge >= 0.3 is 0 Å². The van der Waals surface area contributed by atoms with Crippen LogP contribution in [0.4, 0.5) is 5.69 Å². The standard InChI is InChI=1S/C13H14N4O4/c1-14-11-7-20-6-10(11)13-15-12(16-21-13)8-3-2-4-9(5-8)17(18)19/h2-5,10-11,14H,6-7H2,1H3. The fourth-order valence-electron chi connectivity index (χ4n) is 2.34. The lowest BCUT2D eigenvalue weighted by Gasteiger charge is -2.11. The second-order valence-corrected chi connectivity index (χ2v) is 4.80. The van der Waals surface area contributed by atoms with E-state index in [1.54, 1.807) is 12.1 Å². The Kier molecular flexibility index (Phi) is 3.63. The van der Waals surface area contributed by atoms with E-state index in [0.29, 0.717) is 30.5 Å². The van der Waals surface area contributed by atoms with E-state index in [-0.39, 0.29) is 17.6 Å². The van der Waals surface area contributed by atoms with Crippen molar-refractivity contribution < 1.29 is 14.2 Å². The first-order chi connectivity index (χ1) is 10.2. The minimum atomic E-state index is -0.452. The van der Waals surface area contributed by atoms with E-state index >= 15 is 0 Å². The molecule has 0 amide bonds. The Morgan fingerprint density at radius 2 is 2.29 bits per heavy atom. The molecule has 0 aliphatic carbocycles. The maximum atomic E-state index is 10.8. The average molecular weight is 290 g/mol. The molecule has 1 aliphatic rings. The summed E-state index contributed by atoms with van der Waals surface area (Å²) in [5.74, 6) is 0.818. The first kappa shape index (κ1) is 13.7. The summed E-state index contributed by atoms with van der Waals surface area (Å²) in [6.45, 7) is 1.11. The molecule has 0 radical (unpaired) electrons. The molecule has 1 aliphatic heterocycles. The molecule has 2 heterocycles. The molecule has 1 saturated heterocycles. The number of hydrogen-bond acceptors (Lipinski definition) is 7. The number of nitro benzene ring substituents is 1. The first-order valence-electron chi connectivity index (χ1n) is 6.52. The minimum Gasteiger partial charge on any atom is -0.379 e. The van der Waals surface area contributed by atoms with Crippen molar-refractivity contribution in [3.8, 4) is 11.4 Å². The normalized spacial score (nSPS) is 21.6. The highest BCUT2D eigenvalue weighted by atomic mass is 16.6. The third kappa shape index (κ3) is 2.63. The van der Waals surface area contributed by atoms with Gasteiger partial charge in [-0.2, -0.15) is 4.98 Å². The molecule has 2 aromatic rings. The fourth-order valence-corrected chi connectivity index (χ4v) is 2.34. The van der Waals surface area contributed by atoms with Gasteiger partial charge in [-0.1, -0.05) is 17.3 Å². The molecule has 1 fully saturated rings. The zero-order valence-corrected chi connectivity index (χ0v) is 11.4. The van der Waals surface area contributed by atoms with E-state index in [9.17, 15) is 10.1 Å². The van der Waals surface area contributed by atoms with Gasteiger partial charge in [0.15, 0.2) is 0 Å². The van der Waals surface area contributed by atoms with Crippen molar-refractivity contribution in [2.75, 3.05) is 20.3 Å². The van der Waals surface area contributed by atoms with Crippen molar-refractivity contribution >= 4 is 5.69 Å². The summed E-state index contributed by atoms with van der Waals surface area (Å²) in [4.78, 5) is 14.7. The van der Waals surface area contributed by atoms with Crippen molar-refractivity contribution in [3.05, 3.63) is 40.3 Å². The largest absolute Gasteiger partial charge is 0.379 e. The van der Waals surface area contributed by atoms with Crippen LogP contribution in [0, 0.1) is 10.1 Å². The molecule has 3 rings (SSSR count). The Labute approximate surface area is 120 Å². The summed E-state index contributed by atoms with van der Waals surface area (Å²) in [7, 11) is 1.85. The fraction of sp³-hybridized carbons (Fsp3) is 0.385. The van der Waals surface area contributed by atoms with E-state index in [4.69, 9.17) is 9.26 Å². The van der Waals surface area contributed by atoms with Crippen LogP contribution in [-0.2, 0) is 4.74 Å². The van der Waals surface area contributed by atoms with Gasteiger partial charge in [0.1, 0.15) is 0 Å². The third-order valence-electron chi connectivity index (χ3n) is 3.53. The Morgan fingerprint density at radius 1 is 1.43 bits per heavy atom. The number of likely N-dealkylation sites (N-methyl/N-ethyl adjacent to an activating group) is 1. The third-order valence-corrected chi connectivity index (χ3v) is 3.53. The number of benzene rings is 1. The summed E-state index contributed by atoms with van der Waals surface area (Å²) < 4.78 is 10.7. The molecule has 1 aromatic carbocycles. The van der Waals surface area contributed by atoms with Crippen LogP contribution in [0.1, 0.15) is 11.8 Å². The number of ether oxygens (including phenoxy) is 1. The van der Waals surface area contributed by atoms with Gasteiger partial charge in [0, 0.05) is 23.7 Å². The van der Waals surface area contributed by atoms with Crippen molar-refractivity contribution in [2.24, 2.45) is 0 Å². The second-order valence-electron chi connectivity index (χ2n) is 4.80. The molecule has 0 saturated carbocycles. The quantitative estimate of drug-likeness (QED) is 0.669. The van der Waals surface area contributed by atoms with Gasteiger partial charge < -0.3 is 14.6 Å². The van der Waals surface area contributed by atoms with Crippen LogP contribution in [0.2, 0.25) is 0 Å². The highest BCUT2D eigenvalue weighted by Crippen LogP contribution is 2.27. The molecule has 0 bridgehead atoms. The summed E-state index contributed by atoms with van der Waals surface area (Å²) in [6.07, 6.45) is 0. The molecule has 0 spiro atoms. The topological polar surface area (TPSA) is 103 Å². The molecule has 2 atom stereocenters. The van der Waals surface area contributed by atoms with Crippen LogP contribution in [0.3, 0.4) is 0 Å². The van der Waals surface area contributed by atoms with Crippen molar-refractivity contribution in [3.63, 3.8) is 0 Å². The van der Waals surface area contributed by atoms with Gasteiger partial charge in [0.05, 0.1) is 24.1 Å². The first-order valence-corrected chi connectivity index (χ1v) is 6.52. The van der Waals surface area contributed by atoms with Crippen LogP contribution in [0.15, 0.2) is 28.8 Å². The molecular weight excluding hydrogens is 276 g/mol. The second kappa shape index (κ2) is 5.58. The number of hydrogen-bond donors (Lipinski definition) is 1. The van der Waals surface area contributed by atoms with Crippen molar-refractivity contribution in [1.29, 1.82) is 0 Å². The summed E-state index contributed by atoms with van der Waals surface area (Å²) in [5, 5.41) is 17.8. The predicted molar refractivity (Wildman–Crippen MR) is 72.8 cm³/mol. The van der Waals surface area contributed by atoms with Crippen LogP contribution in [0.5, 0.6) is 0 Å². The summed E-state index contributed by atoms with van der Waals surface area (Å²) in [6, 6.07) is 6.28. The van der Waals surface area contributed by atoms with Gasteiger partial charge in [-0.15, -0.1) is 0 Å². The molecule has 1 aromatic heterocycles. The van der Waals surface area contributed by atoms with Gasteiger partial charge in [-0.05, 0) is 7.05 Å². The van der Waals surface area contributed by atoms with E-state index in [0.717, 1.165) is 0 Å². The number of aromatic nitrogens is 2. The monoisotopic (exact) mass is 290 g/mol. The molecule has 2 unspecified atom stereocenters. The van der Waals surface area contributed by atoms with E-state index in [1.807, 2.05) is 7.05 Å². The number of non-ortho nitro benzene ring substituents is 1. The average Bonchev–Trinajstić information content (AvgIpc) is 3.15. The maximum absolute atomic E-state index is 10.8. The van der Waals surface area contributed by atoms with Crippen LogP contribution in [-0.4, -0.2) is 41.4 Å². The lowest BCUT2D eigenvalue weighted by molar-refractivity contribution is -0.384. The van der Waals surface area contributed by atoms with Crippen LogP contribution in [0.25, 0.3) is 11.4 Å². The Hall–Kier alpha value is -2.32. The number of nitrogens with one attached hydrogen (secondary N) is 1. The Bertz CT molecular complexity index is 657. The number of rotatable bonds is 4. The maximum Gasteiger partial charge on any atom is 0.270 e. The minimum absolute atomic E-state index is 0.00356. The molecule has 8 heteroatoms. The lowest BCUT2D eigenvalue weighted by Crippen LogP contribution is -2.31. The van der Waals surface area contributed by atoms with Crippen LogP contribution < -0.4 is 5.32 Å². The summed E-state index contributed by atoms with van der Waals surface area (Å²) >= 11 is 0. The zero-order valence-electron chi connectivity index (χ0n) is 11.4. The predicted octanol–water partition coefficient (Wildman–Crippen LogP) is 1.35. The lowest BCUT2D eigenvalue weighted by atomic mass is 10.0. The van der Waals surface area contributed by atoms with Crippen molar-refractivity contribution in [2.45, 2.75) is 12.0 Å². The smallest absolute Gasteiger partial charge is 0.270 e. The number of nitrogens with zero attached hydrogens (tertiary/aromatic N) is 3. The SMILES string of the molecule is CNC1COCC1c1nc(-c2cccc([N+](=O)[O-])c2)no1. The molecule has 1 N–H and O–H groups in total. The van der Waals surface area contributed by atoms with Crippen LogP contribution >= 0.6 is 0 Å². The van der Waals surface area contributed by atoms with Gasteiger partial charge in [0.25, 0.3) is 5.69 Å². The molecular formula is C13H14N4O4. The number of nitro groups is 1. The van der Waals surface area contributed by atoms with Gasteiger partial charge in [0.2, 0.25) is 11.7 Å². The van der Waals surface area contributed by atoms with Gasteiger partial charge in [-0.3, -0.25) is 10.1 Å². The zero-order chi connectivity index (χ0) is 14.8. The molecule has 21 heavy (non-hydrogen) atoms. The Balaban J connectivity index is 1.88. The summed E-state index contributed by atoms with van der Waals surface area (Å²) in [5.41, 5.74) is 0.551. The highest BCUT2D eigenvalue weighted by molar-refractivity contribution is 5.58. The van der Waals surface area contributed by atoms with Crippen molar-refractivity contribution in [1.82, 2.24) is 15.5 Å². The molecule has 8 nitrogen and oxygen atoms in total. The Morgan fingerprint density at radius 3 is 3.05 bits per heavy atom. The highest BCUT2D eigenvalue weighted by Gasteiger charge is 2.33.